The van der Waals surface area contributed by atoms with Crippen molar-refractivity contribution in [2.75, 3.05) is 19.6 Å². The molecule has 0 saturated carbocycles. The molecule has 0 aromatic heterocycles. The lowest BCUT2D eigenvalue weighted by Crippen LogP contribution is -2.57. The molecule has 1 aliphatic heterocycles. The highest BCUT2D eigenvalue weighted by Gasteiger charge is 2.39. The van der Waals surface area contributed by atoms with E-state index in [1.54, 1.807) is 0 Å². The van der Waals surface area contributed by atoms with E-state index in [2.05, 4.69) is 30.1 Å². The van der Waals surface area contributed by atoms with Crippen molar-refractivity contribution in [1.82, 2.24) is 10.2 Å². The van der Waals surface area contributed by atoms with Crippen molar-refractivity contribution in [1.29, 1.82) is 5.26 Å². The molecule has 0 atom stereocenters. The Balaban J connectivity index is 2.64. The summed E-state index contributed by atoms with van der Waals surface area (Å²) in [6, 6.07) is 2.37. The van der Waals surface area contributed by atoms with E-state index in [0.717, 1.165) is 51.7 Å². The van der Waals surface area contributed by atoms with Crippen LogP contribution in [0.3, 0.4) is 0 Å². The summed E-state index contributed by atoms with van der Waals surface area (Å²) in [5.74, 6) is 0.0184. The number of rotatable bonds is 6. The molecule has 0 spiro atoms. The average Bonchev–Trinajstić information content (AvgIpc) is 2.41. The molecule has 1 rings (SSSR count). The molecule has 4 nitrogen and oxygen atoms in total. The van der Waals surface area contributed by atoms with Crippen LogP contribution >= 0.6 is 0 Å². The number of nitriles is 1. The number of carbonyl (C=O) groups excluding carboxylic acids is 1. The number of carbonyl (C=O) groups is 1. The van der Waals surface area contributed by atoms with Gasteiger partial charge in [0.25, 0.3) is 0 Å². The maximum Gasteiger partial charge on any atom is 0.226 e. The lowest BCUT2D eigenvalue weighted by Gasteiger charge is -2.39. The predicted molar refractivity (Wildman–Crippen MR) is 81.1 cm³/mol. The summed E-state index contributed by atoms with van der Waals surface area (Å²) >= 11 is 0. The van der Waals surface area contributed by atoms with Gasteiger partial charge in [-0.1, -0.05) is 34.1 Å². The minimum Gasteiger partial charge on any atom is -0.337 e. The quantitative estimate of drug-likeness (QED) is 0.813. The summed E-state index contributed by atoms with van der Waals surface area (Å²) in [5.41, 5.74) is -1.05. The minimum atomic E-state index is -0.660. The van der Waals surface area contributed by atoms with Crippen LogP contribution in [0.25, 0.3) is 0 Å². The van der Waals surface area contributed by atoms with E-state index in [4.69, 9.17) is 0 Å². The SMILES string of the molecule is CCCN1CCC(C#N)(NC(=O)C(C)(C)CCC)CC1. The first-order chi connectivity index (χ1) is 9.39. The number of hydrogen-bond donors (Lipinski definition) is 1. The first-order valence-corrected chi connectivity index (χ1v) is 7.85. The highest BCUT2D eigenvalue weighted by Crippen LogP contribution is 2.27. The van der Waals surface area contributed by atoms with Crippen LogP contribution in [0, 0.1) is 16.7 Å². The van der Waals surface area contributed by atoms with Crippen molar-refractivity contribution in [3.8, 4) is 6.07 Å². The van der Waals surface area contributed by atoms with Crippen LogP contribution in [0.15, 0.2) is 0 Å². The third-order valence-corrected chi connectivity index (χ3v) is 4.31. The first-order valence-electron chi connectivity index (χ1n) is 7.85. The zero-order valence-electron chi connectivity index (χ0n) is 13.5. The molecule has 0 aromatic rings. The molecule has 0 aliphatic carbocycles. The van der Waals surface area contributed by atoms with Gasteiger partial charge in [-0.05, 0) is 32.2 Å². The number of nitrogens with zero attached hydrogens (tertiary/aromatic N) is 2. The van der Waals surface area contributed by atoms with Gasteiger partial charge in [-0.2, -0.15) is 5.26 Å². The van der Waals surface area contributed by atoms with Crippen LogP contribution in [0.2, 0.25) is 0 Å². The first kappa shape index (κ1) is 17.0. The van der Waals surface area contributed by atoms with Gasteiger partial charge in [0.1, 0.15) is 5.54 Å². The zero-order valence-corrected chi connectivity index (χ0v) is 13.5. The third-order valence-electron chi connectivity index (χ3n) is 4.31. The van der Waals surface area contributed by atoms with Crippen molar-refractivity contribution in [3.63, 3.8) is 0 Å². The standard InChI is InChI=1S/C16H29N3O/c1-5-7-15(3,4)14(20)18-16(13-17)8-11-19(10-6-2)12-9-16/h5-12H2,1-4H3,(H,18,20). The summed E-state index contributed by atoms with van der Waals surface area (Å²) in [6.07, 6.45) is 4.43. The fourth-order valence-electron chi connectivity index (χ4n) is 2.86. The van der Waals surface area contributed by atoms with Gasteiger partial charge < -0.3 is 10.2 Å². The van der Waals surface area contributed by atoms with Gasteiger partial charge in [0.15, 0.2) is 0 Å². The molecule has 114 valence electrons. The molecule has 1 saturated heterocycles. The van der Waals surface area contributed by atoms with Crippen LogP contribution in [0.4, 0.5) is 0 Å². The Bertz CT molecular complexity index is 362. The predicted octanol–water partition coefficient (Wildman–Crippen LogP) is 2.70. The molecule has 20 heavy (non-hydrogen) atoms. The van der Waals surface area contributed by atoms with E-state index in [9.17, 15) is 10.1 Å². The Morgan fingerprint density at radius 1 is 1.30 bits per heavy atom. The Kier molecular flexibility index (Phi) is 6.01. The van der Waals surface area contributed by atoms with E-state index in [-0.39, 0.29) is 11.3 Å². The number of amides is 1. The summed E-state index contributed by atoms with van der Waals surface area (Å²) in [7, 11) is 0. The molecule has 1 fully saturated rings. The molecule has 1 N–H and O–H groups in total. The molecule has 0 aromatic carbocycles. The second-order valence-electron chi connectivity index (χ2n) is 6.62. The van der Waals surface area contributed by atoms with Crippen LogP contribution < -0.4 is 5.32 Å². The Labute approximate surface area is 123 Å². The molecular formula is C16H29N3O. The lowest BCUT2D eigenvalue weighted by molar-refractivity contribution is -0.131. The average molecular weight is 279 g/mol. The zero-order chi connectivity index (χ0) is 15.2. The molecule has 1 amide bonds. The lowest BCUT2D eigenvalue weighted by atomic mass is 9.83. The van der Waals surface area contributed by atoms with Crippen LogP contribution in [-0.4, -0.2) is 36.0 Å². The van der Waals surface area contributed by atoms with Gasteiger partial charge in [0, 0.05) is 18.5 Å². The van der Waals surface area contributed by atoms with Crippen molar-refractivity contribution in [3.05, 3.63) is 0 Å². The molecule has 0 unspecified atom stereocenters. The van der Waals surface area contributed by atoms with Gasteiger partial charge in [-0.15, -0.1) is 0 Å². The molecule has 1 heterocycles. The summed E-state index contributed by atoms with van der Waals surface area (Å²) in [5, 5.41) is 12.6. The van der Waals surface area contributed by atoms with Crippen molar-refractivity contribution in [2.24, 2.45) is 5.41 Å². The maximum absolute atomic E-state index is 12.4. The van der Waals surface area contributed by atoms with Crippen molar-refractivity contribution >= 4 is 5.91 Å². The summed E-state index contributed by atoms with van der Waals surface area (Å²) in [4.78, 5) is 14.8. The van der Waals surface area contributed by atoms with Gasteiger partial charge in [-0.3, -0.25) is 4.79 Å². The fraction of sp³-hybridized carbons (Fsp3) is 0.875. The number of hydrogen-bond acceptors (Lipinski definition) is 3. The molecular weight excluding hydrogens is 250 g/mol. The third kappa shape index (κ3) is 4.21. The second kappa shape index (κ2) is 7.08. The van der Waals surface area contributed by atoms with E-state index >= 15 is 0 Å². The van der Waals surface area contributed by atoms with Crippen molar-refractivity contribution < 1.29 is 4.79 Å². The van der Waals surface area contributed by atoms with E-state index in [0.29, 0.717) is 0 Å². The van der Waals surface area contributed by atoms with E-state index in [1.165, 1.54) is 0 Å². The Hall–Kier alpha value is -1.08. The Morgan fingerprint density at radius 2 is 1.90 bits per heavy atom. The van der Waals surface area contributed by atoms with Gasteiger partial charge in [0.05, 0.1) is 6.07 Å². The van der Waals surface area contributed by atoms with E-state index in [1.807, 2.05) is 13.8 Å². The highest BCUT2D eigenvalue weighted by atomic mass is 16.2. The largest absolute Gasteiger partial charge is 0.337 e. The number of likely N-dealkylation sites (tertiary alicyclic amines) is 1. The second-order valence-corrected chi connectivity index (χ2v) is 6.62. The van der Waals surface area contributed by atoms with Gasteiger partial charge in [0.2, 0.25) is 5.91 Å². The molecule has 1 aliphatic rings. The number of piperidine rings is 1. The topological polar surface area (TPSA) is 56.1 Å². The normalized spacial score (nSPS) is 19.4. The summed E-state index contributed by atoms with van der Waals surface area (Å²) in [6.45, 7) is 11.0. The monoisotopic (exact) mass is 279 g/mol. The van der Waals surface area contributed by atoms with Gasteiger partial charge >= 0.3 is 0 Å². The van der Waals surface area contributed by atoms with E-state index < -0.39 is 5.54 Å². The highest BCUT2D eigenvalue weighted by molar-refractivity contribution is 5.82. The minimum absolute atomic E-state index is 0.0184. The smallest absolute Gasteiger partial charge is 0.226 e. The van der Waals surface area contributed by atoms with Gasteiger partial charge in [-0.25, -0.2) is 0 Å². The molecule has 4 heteroatoms. The number of nitrogens with one attached hydrogen (secondary N) is 1. The summed E-state index contributed by atoms with van der Waals surface area (Å²) < 4.78 is 0. The van der Waals surface area contributed by atoms with Crippen LogP contribution in [0.1, 0.15) is 59.8 Å². The van der Waals surface area contributed by atoms with Crippen LogP contribution in [-0.2, 0) is 4.79 Å². The van der Waals surface area contributed by atoms with Crippen molar-refractivity contribution in [2.45, 2.75) is 65.3 Å². The Morgan fingerprint density at radius 3 is 2.35 bits per heavy atom. The fourth-order valence-corrected chi connectivity index (χ4v) is 2.86. The molecule has 0 bridgehead atoms. The van der Waals surface area contributed by atoms with Crippen LogP contribution in [0.5, 0.6) is 0 Å². The molecule has 0 radical (unpaired) electrons. The maximum atomic E-state index is 12.4.